The third kappa shape index (κ3) is 4.35. The van der Waals surface area contributed by atoms with E-state index >= 15 is 0 Å². The molecule has 4 nitrogen and oxygen atoms in total. The van der Waals surface area contributed by atoms with Crippen LogP contribution in [0.5, 0.6) is 0 Å². The Bertz CT molecular complexity index is 3260. The van der Waals surface area contributed by atoms with Crippen LogP contribution in [0.1, 0.15) is 5.56 Å². The Kier molecular flexibility index (Phi) is 6.28. The lowest BCUT2D eigenvalue weighted by Crippen LogP contribution is -2.01. The summed E-state index contributed by atoms with van der Waals surface area (Å²) in [6.45, 7) is 0. The van der Waals surface area contributed by atoms with Gasteiger partial charge >= 0.3 is 0 Å². The van der Waals surface area contributed by atoms with Gasteiger partial charge in [-0.3, -0.25) is 0 Å². The molecule has 11 aromatic rings. The van der Waals surface area contributed by atoms with E-state index in [1.54, 1.807) is 0 Å². The predicted octanol–water partition coefficient (Wildman–Crippen LogP) is 13.0. The average molecular weight is 676 g/mol. The van der Waals surface area contributed by atoms with Gasteiger partial charge in [0.15, 0.2) is 0 Å². The molecule has 3 aromatic heterocycles. The lowest BCUT2D eigenvalue weighted by atomic mass is 9.96. The van der Waals surface area contributed by atoms with E-state index < -0.39 is 0 Å². The van der Waals surface area contributed by atoms with E-state index in [1.807, 2.05) is 30.3 Å². The first-order valence-corrected chi connectivity index (χ1v) is 17.8. The highest BCUT2D eigenvalue weighted by Gasteiger charge is 2.21. The smallest absolute Gasteiger partial charge is 0.145 e. The summed E-state index contributed by atoms with van der Waals surface area (Å²) in [5, 5.41) is 16.6. The fourth-order valence-electron chi connectivity index (χ4n) is 8.42. The summed E-state index contributed by atoms with van der Waals surface area (Å²) in [4.78, 5) is 0. The van der Waals surface area contributed by atoms with Crippen molar-refractivity contribution < 1.29 is 4.42 Å². The molecule has 4 heteroatoms. The molecule has 0 fully saturated rings. The summed E-state index contributed by atoms with van der Waals surface area (Å²) in [6, 6.07) is 64.3. The average Bonchev–Trinajstić information content (AvgIpc) is 3.88. The lowest BCUT2D eigenvalue weighted by Gasteiger charge is -2.18. The van der Waals surface area contributed by atoms with Gasteiger partial charge in [-0.1, -0.05) is 109 Å². The number of aromatic nitrogens is 2. The van der Waals surface area contributed by atoms with Crippen molar-refractivity contribution in [1.29, 1.82) is 5.26 Å². The molecule has 0 saturated carbocycles. The fraction of sp³-hybridized carbons (Fsp3) is 0. The van der Waals surface area contributed by atoms with Crippen LogP contribution < -0.4 is 0 Å². The first kappa shape index (κ1) is 29.4. The minimum absolute atomic E-state index is 0.648. The Balaban J connectivity index is 1.22. The molecule has 0 spiro atoms. The molecule has 0 unspecified atom stereocenters. The van der Waals surface area contributed by atoms with Crippen LogP contribution in [0, 0.1) is 11.3 Å². The lowest BCUT2D eigenvalue weighted by molar-refractivity contribution is 0.673. The van der Waals surface area contributed by atoms with Crippen LogP contribution in [0.3, 0.4) is 0 Å². The van der Waals surface area contributed by atoms with E-state index in [0.717, 1.165) is 88.4 Å². The summed E-state index contributed by atoms with van der Waals surface area (Å²) in [7, 11) is 0. The van der Waals surface area contributed by atoms with Crippen molar-refractivity contribution in [3.63, 3.8) is 0 Å². The second-order valence-electron chi connectivity index (χ2n) is 13.6. The number of fused-ring (bicyclic) bond motifs is 10. The van der Waals surface area contributed by atoms with Crippen molar-refractivity contribution in [2.24, 2.45) is 0 Å². The number of rotatable bonds is 4. The maximum Gasteiger partial charge on any atom is 0.145 e. The molecule has 246 valence electrons. The van der Waals surface area contributed by atoms with Crippen LogP contribution in [0.25, 0.3) is 99.2 Å². The molecular formula is C49H29N3O. The summed E-state index contributed by atoms with van der Waals surface area (Å²) >= 11 is 0. The Hall–Kier alpha value is -7.35. The first-order chi connectivity index (χ1) is 26.2. The number of hydrogen-bond acceptors (Lipinski definition) is 2. The van der Waals surface area contributed by atoms with Crippen LogP contribution in [-0.4, -0.2) is 9.13 Å². The van der Waals surface area contributed by atoms with Crippen molar-refractivity contribution in [1.82, 2.24) is 9.13 Å². The van der Waals surface area contributed by atoms with Crippen LogP contribution in [0.4, 0.5) is 0 Å². The molecule has 0 bridgehead atoms. The molecule has 0 N–H and O–H groups in total. The van der Waals surface area contributed by atoms with Gasteiger partial charge < -0.3 is 13.6 Å². The van der Waals surface area contributed by atoms with Crippen molar-refractivity contribution in [3.8, 4) is 39.7 Å². The maximum absolute atomic E-state index is 9.62. The van der Waals surface area contributed by atoms with Gasteiger partial charge in [-0.25, -0.2) is 0 Å². The zero-order valence-electron chi connectivity index (χ0n) is 28.5. The first-order valence-electron chi connectivity index (χ1n) is 17.8. The monoisotopic (exact) mass is 675 g/mol. The number of hydrogen-bond donors (Lipinski definition) is 0. The molecule has 0 atom stereocenters. The molecule has 11 rings (SSSR count). The van der Waals surface area contributed by atoms with Crippen molar-refractivity contribution in [3.05, 3.63) is 181 Å². The minimum Gasteiger partial charge on any atom is -0.455 e. The van der Waals surface area contributed by atoms with Gasteiger partial charge in [0, 0.05) is 38.2 Å². The second-order valence-corrected chi connectivity index (χ2v) is 13.6. The number of furan rings is 1. The molecule has 0 aliphatic carbocycles. The third-order valence-electron chi connectivity index (χ3n) is 10.7. The zero-order chi connectivity index (χ0) is 35.0. The van der Waals surface area contributed by atoms with Crippen LogP contribution >= 0.6 is 0 Å². The topological polar surface area (TPSA) is 46.8 Å². The molecule has 0 aliphatic heterocycles. The van der Waals surface area contributed by atoms with Crippen molar-refractivity contribution >= 4 is 65.6 Å². The van der Waals surface area contributed by atoms with E-state index in [2.05, 4.69) is 161 Å². The molecule has 0 saturated heterocycles. The maximum atomic E-state index is 9.62. The third-order valence-corrected chi connectivity index (χ3v) is 10.7. The Labute approximate surface area is 304 Å². The summed E-state index contributed by atoms with van der Waals surface area (Å²) in [5.74, 6) is 0. The summed E-state index contributed by atoms with van der Waals surface area (Å²) in [6.07, 6.45) is 0. The normalized spacial score (nSPS) is 11.8. The number of nitriles is 1. The van der Waals surface area contributed by atoms with Gasteiger partial charge in [-0.2, -0.15) is 5.26 Å². The van der Waals surface area contributed by atoms with Gasteiger partial charge in [0.2, 0.25) is 0 Å². The van der Waals surface area contributed by atoms with Gasteiger partial charge in [-0.05, 0) is 83.4 Å². The largest absolute Gasteiger partial charge is 0.455 e. The zero-order valence-corrected chi connectivity index (χ0v) is 28.5. The van der Waals surface area contributed by atoms with E-state index in [4.69, 9.17) is 4.42 Å². The van der Waals surface area contributed by atoms with Crippen molar-refractivity contribution in [2.75, 3.05) is 0 Å². The highest BCUT2D eigenvalue weighted by atomic mass is 16.3. The highest BCUT2D eigenvalue weighted by molar-refractivity contribution is 6.24. The highest BCUT2D eigenvalue weighted by Crippen LogP contribution is 2.43. The number of nitrogens with zero attached hydrogens (tertiary/aromatic N) is 3. The predicted molar refractivity (Wildman–Crippen MR) is 218 cm³/mol. The van der Waals surface area contributed by atoms with Gasteiger partial charge in [0.1, 0.15) is 11.2 Å². The quantitative estimate of drug-likeness (QED) is 0.186. The van der Waals surface area contributed by atoms with Gasteiger partial charge in [0.05, 0.1) is 44.8 Å². The van der Waals surface area contributed by atoms with Crippen LogP contribution in [0.2, 0.25) is 0 Å². The van der Waals surface area contributed by atoms with Gasteiger partial charge in [-0.15, -0.1) is 0 Å². The Morgan fingerprint density at radius 1 is 0.434 bits per heavy atom. The molecule has 8 aromatic carbocycles. The Morgan fingerprint density at radius 2 is 1.06 bits per heavy atom. The van der Waals surface area contributed by atoms with Crippen LogP contribution in [-0.2, 0) is 0 Å². The van der Waals surface area contributed by atoms with Crippen LogP contribution in [0.15, 0.2) is 180 Å². The second kappa shape index (κ2) is 11.3. The van der Waals surface area contributed by atoms with E-state index in [1.165, 1.54) is 10.8 Å². The number of para-hydroxylation sites is 4. The molecular weight excluding hydrogens is 647 g/mol. The molecule has 53 heavy (non-hydrogen) atoms. The Morgan fingerprint density at radius 3 is 1.81 bits per heavy atom. The van der Waals surface area contributed by atoms with E-state index in [0.29, 0.717) is 5.56 Å². The van der Waals surface area contributed by atoms with E-state index in [-0.39, 0.29) is 0 Å². The summed E-state index contributed by atoms with van der Waals surface area (Å²) in [5.41, 5.74) is 13.4. The molecule has 3 heterocycles. The summed E-state index contributed by atoms with van der Waals surface area (Å²) < 4.78 is 11.4. The fourth-order valence-corrected chi connectivity index (χ4v) is 8.42. The standard InChI is InChI=1S/C49H29N3O/c50-30-31-11-9-12-32(27-31)33-13-10-14-34(28-33)36-24-23-35(29-46(36)52-42-19-5-1-15-37(42)38-16-2-6-20-43(38)52)51-44-21-7-3-18-41(44)48-45(51)26-25-40-39-17-4-8-22-47(39)53-49(40)48/h1-29H. The minimum atomic E-state index is 0.648. The SMILES string of the molecule is N#Cc1cccc(-c2cccc(-c3ccc(-n4c5ccccc5c5c6oc7ccccc7c6ccc54)cc3-n3c4ccccc4c4ccccc43)c2)c1. The molecule has 0 radical (unpaired) electrons. The molecule has 0 amide bonds. The van der Waals surface area contributed by atoms with Gasteiger partial charge in [0.25, 0.3) is 0 Å². The van der Waals surface area contributed by atoms with Crippen molar-refractivity contribution in [2.45, 2.75) is 0 Å². The molecule has 0 aliphatic rings. The van der Waals surface area contributed by atoms with E-state index in [9.17, 15) is 5.26 Å². The number of benzene rings is 8.